The van der Waals surface area contributed by atoms with E-state index < -0.39 is 0 Å². The van der Waals surface area contributed by atoms with Crippen molar-refractivity contribution in [1.29, 1.82) is 0 Å². The topological polar surface area (TPSA) is 63.0 Å². The molecule has 6 heteroatoms. The van der Waals surface area contributed by atoms with Crippen molar-refractivity contribution in [3.8, 4) is 17.2 Å². The fourth-order valence-electron chi connectivity index (χ4n) is 1.94. The Labute approximate surface area is 137 Å². The number of phenols is 1. The molecule has 0 atom stereocenters. The summed E-state index contributed by atoms with van der Waals surface area (Å²) in [6, 6.07) is 10.5. The van der Waals surface area contributed by atoms with E-state index in [2.05, 4.69) is 16.7 Å². The molecule has 3 aromatic rings. The summed E-state index contributed by atoms with van der Waals surface area (Å²) < 4.78 is 7.20. The third-order valence-electron chi connectivity index (χ3n) is 3.03. The number of aromatic hydroxyl groups is 1. The van der Waals surface area contributed by atoms with Crippen LogP contribution < -0.4 is 4.80 Å². The van der Waals surface area contributed by atoms with Gasteiger partial charge in [-0.2, -0.15) is 5.10 Å². The highest BCUT2D eigenvalue weighted by molar-refractivity contribution is 7.07. The fraction of sp³-hybridized carbons (Fsp3) is 0.0588. The molecule has 0 bridgehead atoms. The first-order valence-corrected chi connectivity index (χ1v) is 7.85. The molecule has 23 heavy (non-hydrogen) atoms. The van der Waals surface area contributed by atoms with Gasteiger partial charge in [-0.25, -0.2) is 4.68 Å². The summed E-state index contributed by atoms with van der Waals surface area (Å²) in [6.07, 6.45) is 5.08. The number of benzene rings is 1. The van der Waals surface area contributed by atoms with Gasteiger partial charge >= 0.3 is 0 Å². The van der Waals surface area contributed by atoms with Gasteiger partial charge in [0.15, 0.2) is 5.76 Å². The van der Waals surface area contributed by atoms with Gasteiger partial charge in [0, 0.05) is 5.38 Å². The monoisotopic (exact) mass is 325 g/mol. The van der Waals surface area contributed by atoms with Crippen LogP contribution in [0.4, 0.5) is 0 Å². The van der Waals surface area contributed by atoms with E-state index in [0.29, 0.717) is 6.54 Å². The van der Waals surface area contributed by atoms with Crippen LogP contribution in [-0.2, 0) is 0 Å². The Bertz CT molecular complexity index is 871. The summed E-state index contributed by atoms with van der Waals surface area (Å²) in [6.45, 7) is 4.21. The highest BCUT2D eigenvalue weighted by atomic mass is 32.1. The summed E-state index contributed by atoms with van der Waals surface area (Å²) in [4.78, 5) is 5.21. The van der Waals surface area contributed by atoms with Gasteiger partial charge in [-0.15, -0.1) is 17.9 Å². The second kappa shape index (κ2) is 6.93. The second-order valence-corrected chi connectivity index (χ2v) is 5.49. The van der Waals surface area contributed by atoms with Crippen LogP contribution >= 0.6 is 11.3 Å². The minimum atomic E-state index is 0.225. The fourth-order valence-corrected chi connectivity index (χ4v) is 2.77. The van der Waals surface area contributed by atoms with Crippen LogP contribution in [0.2, 0.25) is 0 Å². The Kier molecular flexibility index (Phi) is 4.54. The number of aromatic nitrogens is 1. The Morgan fingerprint density at radius 3 is 2.78 bits per heavy atom. The molecule has 1 N–H and O–H groups in total. The molecule has 0 saturated carbocycles. The van der Waals surface area contributed by atoms with E-state index in [9.17, 15) is 5.11 Å². The predicted molar refractivity (Wildman–Crippen MR) is 91.7 cm³/mol. The maximum Gasteiger partial charge on any atom is 0.206 e. The third kappa shape index (κ3) is 3.49. The van der Waals surface area contributed by atoms with E-state index in [1.54, 1.807) is 47.5 Å². The lowest BCUT2D eigenvalue weighted by molar-refractivity contribution is 0.475. The Balaban J connectivity index is 2.03. The van der Waals surface area contributed by atoms with E-state index in [1.165, 1.54) is 11.3 Å². The molecule has 1 aromatic carbocycles. The van der Waals surface area contributed by atoms with Crippen molar-refractivity contribution in [2.75, 3.05) is 6.54 Å². The van der Waals surface area contributed by atoms with Crippen LogP contribution in [0.25, 0.3) is 11.5 Å². The number of hydrogen-bond donors (Lipinski definition) is 1. The van der Waals surface area contributed by atoms with Crippen molar-refractivity contribution in [3.05, 3.63) is 71.1 Å². The molecule has 0 spiro atoms. The van der Waals surface area contributed by atoms with Crippen LogP contribution in [-0.4, -0.2) is 22.5 Å². The molecule has 0 unspecified atom stereocenters. The van der Waals surface area contributed by atoms with Crippen LogP contribution in [0.5, 0.6) is 5.75 Å². The molecule has 0 aliphatic rings. The summed E-state index contributed by atoms with van der Waals surface area (Å²) in [7, 11) is 0. The van der Waals surface area contributed by atoms with E-state index in [0.717, 1.165) is 21.8 Å². The SMILES string of the molecule is C=CCN=c1scc(-c2ccco2)n1N=Cc1ccc(O)cc1. The lowest BCUT2D eigenvalue weighted by atomic mass is 10.2. The summed E-state index contributed by atoms with van der Waals surface area (Å²) in [5, 5.41) is 15.8. The average molecular weight is 325 g/mol. The molecular weight excluding hydrogens is 310 g/mol. The first-order chi connectivity index (χ1) is 11.3. The van der Waals surface area contributed by atoms with Gasteiger partial charge < -0.3 is 9.52 Å². The Morgan fingerprint density at radius 2 is 2.09 bits per heavy atom. The highest BCUT2D eigenvalue weighted by Gasteiger charge is 2.09. The van der Waals surface area contributed by atoms with Gasteiger partial charge in [0.2, 0.25) is 4.80 Å². The van der Waals surface area contributed by atoms with Gasteiger partial charge in [0.25, 0.3) is 0 Å². The number of hydrogen-bond acceptors (Lipinski definition) is 5. The zero-order valence-corrected chi connectivity index (χ0v) is 13.1. The van der Waals surface area contributed by atoms with Crippen molar-refractivity contribution in [3.63, 3.8) is 0 Å². The third-order valence-corrected chi connectivity index (χ3v) is 3.88. The Morgan fingerprint density at radius 1 is 1.26 bits per heavy atom. The number of phenolic OH excluding ortho intramolecular Hbond substituents is 1. The quantitative estimate of drug-likeness (QED) is 0.576. The zero-order valence-electron chi connectivity index (χ0n) is 12.3. The van der Waals surface area contributed by atoms with Crippen LogP contribution in [0.3, 0.4) is 0 Å². The minimum absolute atomic E-state index is 0.225. The Hall–Kier alpha value is -2.86. The molecule has 116 valence electrons. The molecule has 0 radical (unpaired) electrons. The van der Waals surface area contributed by atoms with Crippen LogP contribution in [0, 0.1) is 0 Å². The van der Waals surface area contributed by atoms with Crippen molar-refractivity contribution < 1.29 is 9.52 Å². The summed E-state index contributed by atoms with van der Waals surface area (Å²) in [5.74, 6) is 0.951. The molecular formula is C17H15N3O2S. The summed E-state index contributed by atoms with van der Waals surface area (Å²) in [5.41, 5.74) is 1.71. The molecule has 2 heterocycles. The van der Waals surface area contributed by atoms with Gasteiger partial charge in [-0.3, -0.25) is 4.99 Å². The standard InChI is InChI=1S/C17H15N3O2S/c1-2-9-18-17-20(15(12-23-17)16-4-3-10-22-16)19-11-13-5-7-14(21)8-6-13/h2-8,10-12,21H,1,9H2. The molecule has 0 amide bonds. The lowest BCUT2D eigenvalue weighted by Crippen LogP contribution is -2.12. The maximum atomic E-state index is 9.33. The number of furan rings is 1. The van der Waals surface area contributed by atoms with E-state index in [4.69, 9.17) is 4.42 Å². The van der Waals surface area contributed by atoms with Crippen molar-refractivity contribution in [2.24, 2.45) is 10.1 Å². The molecule has 5 nitrogen and oxygen atoms in total. The molecule has 2 aromatic heterocycles. The van der Waals surface area contributed by atoms with Crippen molar-refractivity contribution >= 4 is 17.6 Å². The van der Waals surface area contributed by atoms with Gasteiger partial charge in [0.05, 0.1) is 19.0 Å². The van der Waals surface area contributed by atoms with E-state index in [1.807, 2.05) is 17.5 Å². The first-order valence-electron chi connectivity index (χ1n) is 6.97. The van der Waals surface area contributed by atoms with Crippen molar-refractivity contribution in [1.82, 2.24) is 4.68 Å². The smallest absolute Gasteiger partial charge is 0.206 e. The second-order valence-electron chi connectivity index (χ2n) is 4.66. The zero-order chi connectivity index (χ0) is 16.1. The first kappa shape index (κ1) is 15.1. The van der Waals surface area contributed by atoms with Gasteiger partial charge in [0.1, 0.15) is 11.4 Å². The summed E-state index contributed by atoms with van der Waals surface area (Å²) >= 11 is 1.49. The normalized spacial score (nSPS) is 12.1. The molecule has 0 saturated heterocycles. The largest absolute Gasteiger partial charge is 0.508 e. The minimum Gasteiger partial charge on any atom is -0.508 e. The number of nitrogens with zero attached hydrogens (tertiary/aromatic N) is 3. The number of rotatable bonds is 5. The van der Waals surface area contributed by atoms with Gasteiger partial charge in [-0.1, -0.05) is 6.08 Å². The van der Waals surface area contributed by atoms with Gasteiger partial charge in [-0.05, 0) is 42.0 Å². The molecule has 3 rings (SSSR count). The molecule has 0 fully saturated rings. The van der Waals surface area contributed by atoms with E-state index in [-0.39, 0.29) is 5.75 Å². The molecule has 0 aliphatic heterocycles. The lowest BCUT2D eigenvalue weighted by Gasteiger charge is -2.00. The predicted octanol–water partition coefficient (Wildman–Crippen LogP) is 3.48. The van der Waals surface area contributed by atoms with Crippen LogP contribution in [0.1, 0.15) is 5.56 Å². The number of thiazole rings is 1. The van der Waals surface area contributed by atoms with E-state index >= 15 is 0 Å². The van der Waals surface area contributed by atoms with Crippen molar-refractivity contribution in [2.45, 2.75) is 0 Å². The maximum absolute atomic E-state index is 9.33. The average Bonchev–Trinajstić information content (AvgIpc) is 3.21. The highest BCUT2D eigenvalue weighted by Crippen LogP contribution is 2.20. The van der Waals surface area contributed by atoms with Crippen LogP contribution in [0.15, 0.2) is 75.2 Å². The molecule has 0 aliphatic carbocycles.